The molecule has 0 bridgehead atoms. The fraction of sp³-hybridized carbons (Fsp3) is 0.480. The fourth-order valence-electron chi connectivity index (χ4n) is 3.77. The van der Waals surface area contributed by atoms with Crippen molar-refractivity contribution < 1.29 is 39.1 Å². The predicted molar refractivity (Wildman–Crippen MR) is 134 cm³/mol. The minimum absolute atomic E-state index is 0.354. The zero-order valence-corrected chi connectivity index (χ0v) is 21.7. The summed E-state index contributed by atoms with van der Waals surface area (Å²) in [5, 5.41) is 31.4. The van der Waals surface area contributed by atoms with E-state index in [-0.39, 0.29) is 12.3 Å². The van der Waals surface area contributed by atoms with Gasteiger partial charge in [-0.05, 0) is 58.4 Å². The molecule has 0 saturated carbocycles. The number of benzene rings is 1. The molecule has 2 atom stereocenters. The van der Waals surface area contributed by atoms with E-state index in [1.165, 1.54) is 0 Å². The molecule has 0 radical (unpaired) electrons. The second-order valence-electron chi connectivity index (χ2n) is 8.56. The van der Waals surface area contributed by atoms with Gasteiger partial charge in [0.2, 0.25) is 0 Å². The molecule has 1 aliphatic heterocycles. The number of pyridine rings is 1. The lowest BCUT2D eigenvalue weighted by Crippen LogP contribution is -2.53. The second kappa shape index (κ2) is 13.0. The number of aliphatic hydroxyl groups is 1. The van der Waals surface area contributed by atoms with Gasteiger partial charge in [-0.2, -0.15) is 0 Å². The first-order valence-corrected chi connectivity index (χ1v) is 11.9. The average molecular weight is 525 g/mol. The molecule has 0 amide bonds. The topological polar surface area (TPSA) is 147 Å². The molecule has 1 aromatic carbocycles. The number of hydrogen-bond donors (Lipinski definition) is 4. The van der Waals surface area contributed by atoms with Crippen LogP contribution in [-0.2, 0) is 19.1 Å². The SMILES string of the molecule is CCOC(CNC1c2cc3nc(Cl)cc(C)c3cc2OC(C)(C)C1O)OCC.O=C(O)/C=C\C(=O)O. The lowest BCUT2D eigenvalue weighted by molar-refractivity contribution is -0.138. The van der Waals surface area contributed by atoms with E-state index in [0.717, 1.165) is 27.8 Å². The highest BCUT2D eigenvalue weighted by Crippen LogP contribution is 2.42. The molecule has 2 heterocycles. The summed E-state index contributed by atoms with van der Waals surface area (Å²) in [7, 11) is 0. The highest BCUT2D eigenvalue weighted by molar-refractivity contribution is 6.29. The highest BCUT2D eigenvalue weighted by Gasteiger charge is 2.43. The van der Waals surface area contributed by atoms with Gasteiger partial charge in [0.15, 0.2) is 6.29 Å². The van der Waals surface area contributed by atoms with Gasteiger partial charge in [0.1, 0.15) is 22.6 Å². The van der Waals surface area contributed by atoms with Gasteiger partial charge in [-0.15, -0.1) is 0 Å². The largest absolute Gasteiger partial charge is 0.485 e. The van der Waals surface area contributed by atoms with Crippen molar-refractivity contribution in [2.75, 3.05) is 19.8 Å². The summed E-state index contributed by atoms with van der Waals surface area (Å²) in [4.78, 5) is 23.6. The first-order chi connectivity index (χ1) is 16.9. The maximum Gasteiger partial charge on any atom is 0.328 e. The molecule has 1 aliphatic rings. The number of aryl methyl sites for hydroxylation is 1. The van der Waals surface area contributed by atoms with Crippen LogP contribution in [0.25, 0.3) is 10.9 Å². The first kappa shape index (κ1) is 29.5. The van der Waals surface area contributed by atoms with Crippen LogP contribution in [0.4, 0.5) is 0 Å². The number of ether oxygens (including phenoxy) is 3. The number of hydrogen-bond acceptors (Lipinski definition) is 8. The lowest BCUT2D eigenvalue weighted by atomic mass is 9.85. The van der Waals surface area contributed by atoms with Crippen LogP contribution in [0.15, 0.2) is 30.4 Å². The van der Waals surface area contributed by atoms with Gasteiger partial charge in [-0.1, -0.05) is 11.6 Å². The van der Waals surface area contributed by atoms with E-state index in [2.05, 4.69) is 10.3 Å². The number of aliphatic carboxylic acids is 2. The number of aliphatic hydroxyl groups excluding tert-OH is 1. The Morgan fingerprint density at radius 2 is 1.75 bits per heavy atom. The third-order valence-electron chi connectivity index (χ3n) is 5.43. The van der Waals surface area contributed by atoms with Crippen LogP contribution in [0.1, 0.15) is 44.9 Å². The number of halogens is 1. The van der Waals surface area contributed by atoms with Gasteiger partial charge in [0.05, 0.1) is 11.6 Å². The van der Waals surface area contributed by atoms with Gasteiger partial charge >= 0.3 is 11.9 Å². The lowest BCUT2D eigenvalue weighted by Gasteiger charge is -2.43. The van der Waals surface area contributed by atoms with Crippen molar-refractivity contribution in [3.63, 3.8) is 0 Å². The smallest absolute Gasteiger partial charge is 0.328 e. The summed E-state index contributed by atoms with van der Waals surface area (Å²) in [5.74, 6) is -1.78. The second-order valence-corrected chi connectivity index (χ2v) is 8.94. The summed E-state index contributed by atoms with van der Waals surface area (Å²) in [6.07, 6.45) is -0.0292. The quantitative estimate of drug-likeness (QED) is 0.218. The molecule has 0 spiro atoms. The van der Waals surface area contributed by atoms with E-state index in [1.807, 2.05) is 52.8 Å². The molecular weight excluding hydrogens is 492 g/mol. The standard InChI is InChI=1S/C21H29ClN2O4.C4H4O4/c1-6-26-18(27-7-2)11-23-19-14-9-15-13(12(3)8-17(22)24-15)10-16(14)28-21(4,5)20(19)25;5-3(6)1-2-4(7)8/h8-10,18-20,23,25H,6-7,11H2,1-5H3;1-2H,(H,5,6)(H,7,8)/b;2-1-. The van der Waals surface area contributed by atoms with Gasteiger partial charge in [-0.3, -0.25) is 0 Å². The molecule has 0 fully saturated rings. The van der Waals surface area contributed by atoms with Crippen LogP contribution in [-0.4, -0.2) is 70.0 Å². The van der Waals surface area contributed by atoms with Crippen molar-refractivity contribution in [1.82, 2.24) is 10.3 Å². The third kappa shape index (κ3) is 7.87. The number of rotatable bonds is 9. The van der Waals surface area contributed by atoms with Crippen LogP contribution in [0.2, 0.25) is 5.15 Å². The Kier molecular flexibility index (Phi) is 10.6. The number of nitrogens with one attached hydrogen (secondary N) is 1. The Bertz CT molecular complexity index is 1080. The molecule has 2 aromatic rings. The molecule has 3 rings (SSSR count). The van der Waals surface area contributed by atoms with Crippen molar-refractivity contribution in [2.45, 2.75) is 58.7 Å². The first-order valence-electron chi connectivity index (χ1n) is 11.5. The van der Waals surface area contributed by atoms with Crippen LogP contribution >= 0.6 is 11.6 Å². The molecule has 11 heteroatoms. The van der Waals surface area contributed by atoms with Gasteiger partial charge < -0.3 is 34.8 Å². The Morgan fingerprint density at radius 1 is 1.17 bits per heavy atom. The van der Waals surface area contributed by atoms with E-state index >= 15 is 0 Å². The van der Waals surface area contributed by atoms with Crippen molar-refractivity contribution >= 4 is 34.4 Å². The van der Waals surface area contributed by atoms with Gasteiger partial charge in [-0.25, -0.2) is 14.6 Å². The number of aromatic nitrogens is 1. The molecule has 10 nitrogen and oxygen atoms in total. The van der Waals surface area contributed by atoms with E-state index in [0.29, 0.717) is 37.1 Å². The number of carboxylic acids is 2. The van der Waals surface area contributed by atoms with E-state index < -0.39 is 23.6 Å². The minimum Gasteiger partial charge on any atom is -0.485 e. The van der Waals surface area contributed by atoms with Crippen molar-refractivity contribution in [2.24, 2.45) is 0 Å². The Labute approximate surface area is 214 Å². The number of carbonyl (C=O) groups is 2. The minimum atomic E-state index is -1.26. The van der Waals surface area contributed by atoms with Crippen molar-refractivity contribution in [3.8, 4) is 5.75 Å². The van der Waals surface area contributed by atoms with Crippen LogP contribution in [0, 0.1) is 6.92 Å². The average Bonchev–Trinajstić information content (AvgIpc) is 2.78. The Hall–Kier alpha value is -2.76. The molecule has 2 unspecified atom stereocenters. The van der Waals surface area contributed by atoms with Crippen LogP contribution < -0.4 is 10.1 Å². The Morgan fingerprint density at radius 3 is 2.28 bits per heavy atom. The van der Waals surface area contributed by atoms with Crippen molar-refractivity contribution in [3.05, 3.63) is 46.6 Å². The normalized spacial score (nSPS) is 18.4. The maximum atomic E-state index is 11.0. The van der Waals surface area contributed by atoms with E-state index in [4.69, 9.17) is 36.0 Å². The summed E-state index contributed by atoms with van der Waals surface area (Å²) in [5.41, 5.74) is 1.90. The van der Waals surface area contributed by atoms with Gasteiger partial charge in [0, 0.05) is 42.9 Å². The fourth-order valence-corrected chi connectivity index (χ4v) is 4.02. The molecule has 36 heavy (non-hydrogen) atoms. The zero-order chi connectivity index (χ0) is 27.0. The predicted octanol–water partition coefficient (Wildman–Crippen LogP) is 3.47. The number of fused-ring (bicyclic) bond motifs is 2. The van der Waals surface area contributed by atoms with E-state index in [9.17, 15) is 14.7 Å². The molecular formula is C25H33ClN2O8. The summed E-state index contributed by atoms with van der Waals surface area (Å²) in [6.45, 7) is 11.2. The molecule has 198 valence electrons. The molecule has 1 aromatic heterocycles. The summed E-state index contributed by atoms with van der Waals surface area (Å²) >= 11 is 6.15. The Balaban J connectivity index is 0.000000493. The van der Waals surface area contributed by atoms with Crippen molar-refractivity contribution in [1.29, 1.82) is 0 Å². The molecule has 0 aliphatic carbocycles. The third-order valence-corrected chi connectivity index (χ3v) is 5.62. The maximum absolute atomic E-state index is 11.0. The molecule has 0 saturated heterocycles. The summed E-state index contributed by atoms with van der Waals surface area (Å²) < 4.78 is 17.4. The number of nitrogens with zero attached hydrogens (tertiary/aromatic N) is 1. The monoisotopic (exact) mass is 524 g/mol. The van der Waals surface area contributed by atoms with E-state index in [1.54, 1.807) is 0 Å². The van der Waals surface area contributed by atoms with Crippen LogP contribution in [0.5, 0.6) is 5.75 Å². The zero-order valence-electron chi connectivity index (χ0n) is 20.9. The van der Waals surface area contributed by atoms with Gasteiger partial charge in [0.25, 0.3) is 0 Å². The number of carboxylic acid groups (broad SMARTS) is 2. The molecule has 4 N–H and O–H groups in total. The summed E-state index contributed by atoms with van der Waals surface area (Å²) in [6, 6.07) is 5.40. The highest BCUT2D eigenvalue weighted by atomic mass is 35.5. The van der Waals surface area contributed by atoms with Crippen LogP contribution in [0.3, 0.4) is 0 Å².